The summed E-state index contributed by atoms with van der Waals surface area (Å²) in [6, 6.07) is 30.2. The van der Waals surface area contributed by atoms with Gasteiger partial charge < -0.3 is 18.8 Å². The molecule has 0 aliphatic heterocycles. The van der Waals surface area contributed by atoms with Gasteiger partial charge in [-0.25, -0.2) is 0 Å². The highest BCUT2D eigenvalue weighted by Gasteiger charge is 2.22. The highest BCUT2D eigenvalue weighted by atomic mass is 31.2. The zero-order chi connectivity index (χ0) is 22.3. The molecule has 0 amide bonds. The topological polar surface area (TPSA) is 44.8 Å². The normalized spacial score (nSPS) is 11.5. The summed E-state index contributed by atoms with van der Waals surface area (Å²) in [6.07, 6.45) is 1.63. The first-order valence-corrected chi connectivity index (χ1v) is 13.4. The third kappa shape index (κ3) is 9.50. The maximum Gasteiger partial charge on any atom is 0.0944 e. The second-order valence-electron chi connectivity index (χ2n) is 7.84. The Morgan fingerprint density at radius 1 is 0.469 bits per heavy atom. The van der Waals surface area contributed by atoms with E-state index in [1.165, 1.54) is 0 Å². The molecule has 3 rings (SSSR count). The first kappa shape index (κ1) is 24.4. The van der Waals surface area contributed by atoms with Crippen molar-refractivity contribution in [1.29, 1.82) is 0 Å². The van der Waals surface area contributed by atoms with Crippen LogP contribution in [0.2, 0.25) is 0 Å². The second kappa shape index (κ2) is 14.0. The first-order valence-electron chi connectivity index (χ1n) is 11.2. The smallest absolute Gasteiger partial charge is 0.0944 e. The van der Waals surface area contributed by atoms with Crippen LogP contribution in [0, 0.1) is 0 Å². The van der Waals surface area contributed by atoms with Gasteiger partial charge in [0.2, 0.25) is 0 Å². The van der Waals surface area contributed by atoms with Gasteiger partial charge in [-0.1, -0.05) is 91.0 Å². The summed E-state index contributed by atoms with van der Waals surface area (Å²) in [6.45, 7) is 3.04. The predicted octanol–water partition coefficient (Wildman–Crippen LogP) is 6.00. The average molecular weight is 453 g/mol. The van der Waals surface area contributed by atoms with Crippen LogP contribution >= 0.6 is 7.14 Å². The Kier molecular flexibility index (Phi) is 10.7. The van der Waals surface area contributed by atoms with Crippen molar-refractivity contribution >= 4 is 7.14 Å². The third-order valence-corrected chi connectivity index (χ3v) is 8.26. The van der Waals surface area contributed by atoms with Crippen LogP contribution in [0.25, 0.3) is 0 Å². The van der Waals surface area contributed by atoms with Crippen LogP contribution in [-0.4, -0.2) is 38.3 Å². The zero-order valence-electron chi connectivity index (χ0n) is 18.6. The summed E-state index contributed by atoms with van der Waals surface area (Å²) >= 11 is 0. The average Bonchev–Trinajstić information content (AvgIpc) is 2.85. The van der Waals surface area contributed by atoms with E-state index < -0.39 is 7.14 Å². The quantitative estimate of drug-likeness (QED) is 0.210. The molecule has 4 nitrogen and oxygen atoms in total. The number of benzene rings is 3. The fraction of sp³-hybridized carbons (Fsp3) is 0.333. The van der Waals surface area contributed by atoms with Gasteiger partial charge in [-0.15, -0.1) is 0 Å². The molecule has 0 fully saturated rings. The fourth-order valence-electron chi connectivity index (χ4n) is 3.32. The molecule has 0 N–H and O–H groups in total. The SMILES string of the molecule is O=P(CCOCc1ccccc1)(CCOCc1ccccc1)CCOCc1ccccc1. The molecule has 0 aliphatic rings. The first-order chi connectivity index (χ1) is 15.7. The maximum atomic E-state index is 13.6. The van der Waals surface area contributed by atoms with E-state index in [-0.39, 0.29) is 0 Å². The Morgan fingerprint density at radius 2 is 0.750 bits per heavy atom. The van der Waals surface area contributed by atoms with Crippen LogP contribution in [-0.2, 0) is 38.6 Å². The van der Waals surface area contributed by atoms with Crippen LogP contribution in [0.3, 0.4) is 0 Å². The number of hydrogen-bond donors (Lipinski definition) is 0. The van der Waals surface area contributed by atoms with E-state index in [1.807, 2.05) is 91.0 Å². The van der Waals surface area contributed by atoms with Crippen LogP contribution < -0.4 is 0 Å². The Hall–Kier alpha value is -2.23. The summed E-state index contributed by atoms with van der Waals surface area (Å²) in [5, 5.41) is 0. The van der Waals surface area contributed by atoms with Gasteiger partial charge in [0, 0.05) is 18.5 Å². The number of rotatable bonds is 15. The molecule has 3 aromatic rings. The van der Waals surface area contributed by atoms with Gasteiger partial charge in [-0.2, -0.15) is 0 Å². The van der Waals surface area contributed by atoms with Crippen LogP contribution in [0.4, 0.5) is 0 Å². The van der Waals surface area contributed by atoms with Gasteiger partial charge in [0.25, 0.3) is 0 Å². The predicted molar refractivity (Wildman–Crippen MR) is 131 cm³/mol. The van der Waals surface area contributed by atoms with Crippen molar-refractivity contribution in [1.82, 2.24) is 0 Å². The van der Waals surface area contributed by atoms with Crippen molar-refractivity contribution in [2.24, 2.45) is 0 Å². The van der Waals surface area contributed by atoms with Crippen molar-refractivity contribution in [3.8, 4) is 0 Å². The monoisotopic (exact) mass is 452 g/mol. The molecule has 0 saturated heterocycles. The minimum absolute atomic E-state index is 0.476. The van der Waals surface area contributed by atoms with E-state index in [9.17, 15) is 4.57 Å². The number of hydrogen-bond acceptors (Lipinski definition) is 4. The molecule has 3 aromatic carbocycles. The lowest BCUT2D eigenvalue weighted by Gasteiger charge is -2.19. The van der Waals surface area contributed by atoms with E-state index in [2.05, 4.69) is 0 Å². The Labute approximate surface area is 191 Å². The molecule has 0 aromatic heterocycles. The minimum Gasteiger partial charge on any atom is -0.376 e. The van der Waals surface area contributed by atoms with Crippen molar-refractivity contribution in [2.45, 2.75) is 19.8 Å². The Bertz CT molecular complexity index is 794. The summed E-state index contributed by atoms with van der Waals surface area (Å²) in [5.74, 6) is 0. The highest BCUT2D eigenvalue weighted by Crippen LogP contribution is 2.44. The van der Waals surface area contributed by atoms with E-state index >= 15 is 0 Å². The van der Waals surface area contributed by atoms with Gasteiger partial charge in [0.1, 0.15) is 0 Å². The molecule has 0 aliphatic carbocycles. The molecule has 0 unspecified atom stereocenters. The number of ether oxygens (including phenoxy) is 3. The van der Waals surface area contributed by atoms with Crippen LogP contribution in [0.5, 0.6) is 0 Å². The van der Waals surface area contributed by atoms with E-state index in [0.29, 0.717) is 58.1 Å². The summed E-state index contributed by atoms with van der Waals surface area (Å²) in [7, 11) is -2.46. The molecule has 0 radical (unpaired) electrons. The summed E-state index contributed by atoms with van der Waals surface area (Å²) in [4.78, 5) is 0. The lowest BCUT2D eigenvalue weighted by atomic mass is 10.2. The highest BCUT2D eigenvalue weighted by molar-refractivity contribution is 7.64. The van der Waals surface area contributed by atoms with E-state index in [4.69, 9.17) is 14.2 Å². The van der Waals surface area contributed by atoms with Crippen molar-refractivity contribution < 1.29 is 18.8 Å². The lowest BCUT2D eigenvalue weighted by Crippen LogP contribution is -2.13. The van der Waals surface area contributed by atoms with E-state index in [1.54, 1.807) is 0 Å². The molecule has 0 atom stereocenters. The minimum atomic E-state index is -2.46. The van der Waals surface area contributed by atoms with Gasteiger partial charge in [0.15, 0.2) is 0 Å². The van der Waals surface area contributed by atoms with Crippen LogP contribution in [0.15, 0.2) is 91.0 Å². The van der Waals surface area contributed by atoms with Gasteiger partial charge in [-0.05, 0) is 16.7 Å². The van der Waals surface area contributed by atoms with Crippen molar-refractivity contribution in [3.63, 3.8) is 0 Å². The van der Waals surface area contributed by atoms with Crippen molar-refractivity contribution in [2.75, 3.05) is 38.3 Å². The second-order valence-corrected chi connectivity index (χ2v) is 11.3. The largest absolute Gasteiger partial charge is 0.376 e. The fourth-order valence-corrected chi connectivity index (χ4v) is 5.38. The molecular formula is C27H33O4P. The maximum absolute atomic E-state index is 13.6. The molecule has 0 heterocycles. The van der Waals surface area contributed by atoms with Gasteiger partial charge in [0.05, 0.1) is 46.8 Å². The Balaban J connectivity index is 1.43. The van der Waals surface area contributed by atoms with E-state index in [0.717, 1.165) is 16.7 Å². The standard InChI is InChI=1S/C27H33O4P/c28-32(19-16-29-22-25-10-4-1-5-11-25,20-17-30-23-26-12-6-2-7-13-26)21-18-31-24-27-14-8-3-9-15-27/h1-15H,16-24H2. The van der Waals surface area contributed by atoms with Crippen LogP contribution in [0.1, 0.15) is 16.7 Å². The molecule has 32 heavy (non-hydrogen) atoms. The molecule has 5 heteroatoms. The molecule has 0 bridgehead atoms. The molecular weight excluding hydrogens is 419 g/mol. The molecule has 0 saturated carbocycles. The zero-order valence-corrected chi connectivity index (χ0v) is 19.5. The third-order valence-electron chi connectivity index (χ3n) is 5.26. The van der Waals surface area contributed by atoms with Gasteiger partial charge in [-0.3, -0.25) is 0 Å². The Morgan fingerprint density at radius 3 is 1.03 bits per heavy atom. The van der Waals surface area contributed by atoms with Gasteiger partial charge >= 0.3 is 0 Å². The summed E-state index contributed by atoms with van der Waals surface area (Å²) in [5.41, 5.74) is 3.37. The molecule has 0 spiro atoms. The lowest BCUT2D eigenvalue weighted by molar-refractivity contribution is 0.127. The van der Waals surface area contributed by atoms with Crippen molar-refractivity contribution in [3.05, 3.63) is 108 Å². The molecule has 170 valence electrons. The summed E-state index contributed by atoms with van der Waals surface area (Å²) < 4.78 is 31.0.